The van der Waals surface area contributed by atoms with E-state index in [1.54, 1.807) is 18.3 Å². The lowest BCUT2D eigenvalue weighted by atomic mass is 9.98. The maximum absolute atomic E-state index is 10.9. The van der Waals surface area contributed by atoms with Crippen molar-refractivity contribution < 1.29 is 9.90 Å². The standard InChI is InChI=1S/C13H16N4O2/c1-16-5-2-3-10(8-16)12-15-14-11-7-9(13(18)19)4-6-17(11)12/h4,6-7,10H,2-3,5,8H2,1H3,(H,18,19). The average Bonchev–Trinajstić information content (AvgIpc) is 2.81. The third kappa shape index (κ3) is 2.19. The summed E-state index contributed by atoms with van der Waals surface area (Å²) in [5, 5.41) is 17.3. The van der Waals surface area contributed by atoms with E-state index < -0.39 is 5.97 Å². The minimum Gasteiger partial charge on any atom is -0.478 e. The van der Waals surface area contributed by atoms with Gasteiger partial charge in [-0.3, -0.25) is 4.40 Å². The largest absolute Gasteiger partial charge is 0.478 e. The number of aromatic nitrogens is 3. The van der Waals surface area contributed by atoms with Gasteiger partial charge in [0.15, 0.2) is 5.65 Å². The Bertz CT molecular complexity index is 622. The van der Waals surface area contributed by atoms with E-state index in [1.807, 2.05) is 4.40 Å². The first-order valence-corrected chi connectivity index (χ1v) is 6.41. The molecule has 1 saturated heterocycles. The predicted octanol–water partition coefficient (Wildman–Crippen LogP) is 1.24. The van der Waals surface area contributed by atoms with E-state index >= 15 is 0 Å². The quantitative estimate of drug-likeness (QED) is 0.879. The van der Waals surface area contributed by atoms with Gasteiger partial charge in [-0.2, -0.15) is 0 Å². The molecule has 1 unspecified atom stereocenters. The van der Waals surface area contributed by atoms with Gasteiger partial charge in [-0.1, -0.05) is 0 Å². The molecule has 6 nitrogen and oxygen atoms in total. The molecule has 0 bridgehead atoms. The number of fused-ring (bicyclic) bond motifs is 1. The first-order valence-electron chi connectivity index (χ1n) is 6.41. The number of likely N-dealkylation sites (tertiary alicyclic amines) is 1. The molecule has 19 heavy (non-hydrogen) atoms. The van der Waals surface area contributed by atoms with Gasteiger partial charge in [0.1, 0.15) is 5.82 Å². The van der Waals surface area contributed by atoms with E-state index in [1.165, 1.54) is 0 Å². The molecular weight excluding hydrogens is 244 g/mol. The molecule has 1 aliphatic rings. The minimum atomic E-state index is -0.940. The molecule has 3 rings (SSSR count). The highest BCUT2D eigenvalue weighted by molar-refractivity contribution is 5.88. The van der Waals surface area contributed by atoms with Crippen LogP contribution in [0.5, 0.6) is 0 Å². The second-order valence-corrected chi connectivity index (χ2v) is 5.11. The lowest BCUT2D eigenvalue weighted by Crippen LogP contribution is -2.31. The molecule has 0 saturated carbocycles. The van der Waals surface area contributed by atoms with Crippen LogP contribution in [0.1, 0.15) is 34.9 Å². The number of rotatable bonds is 2. The second kappa shape index (κ2) is 4.62. The van der Waals surface area contributed by atoms with Gasteiger partial charge in [-0.05, 0) is 38.6 Å². The number of hydrogen-bond donors (Lipinski definition) is 1. The number of carboxylic acids is 1. The first kappa shape index (κ1) is 12.1. The molecule has 0 amide bonds. The molecule has 2 aromatic heterocycles. The molecule has 6 heteroatoms. The Balaban J connectivity index is 1.98. The zero-order chi connectivity index (χ0) is 13.4. The average molecular weight is 260 g/mol. The van der Waals surface area contributed by atoms with Gasteiger partial charge in [-0.15, -0.1) is 10.2 Å². The second-order valence-electron chi connectivity index (χ2n) is 5.11. The molecule has 3 heterocycles. The fourth-order valence-electron chi connectivity index (χ4n) is 2.70. The van der Waals surface area contributed by atoms with Gasteiger partial charge in [0.25, 0.3) is 0 Å². The highest BCUT2D eigenvalue weighted by atomic mass is 16.4. The van der Waals surface area contributed by atoms with Gasteiger partial charge in [0, 0.05) is 18.7 Å². The van der Waals surface area contributed by atoms with Crippen molar-refractivity contribution in [2.45, 2.75) is 18.8 Å². The summed E-state index contributed by atoms with van der Waals surface area (Å²) < 4.78 is 1.90. The topological polar surface area (TPSA) is 70.7 Å². The fraction of sp³-hybridized carbons (Fsp3) is 0.462. The van der Waals surface area contributed by atoms with E-state index in [2.05, 4.69) is 22.1 Å². The van der Waals surface area contributed by atoms with Crippen molar-refractivity contribution in [1.82, 2.24) is 19.5 Å². The van der Waals surface area contributed by atoms with Crippen LogP contribution in [-0.2, 0) is 0 Å². The van der Waals surface area contributed by atoms with E-state index in [0.29, 0.717) is 11.6 Å². The molecule has 0 aliphatic carbocycles. The van der Waals surface area contributed by atoms with Crippen molar-refractivity contribution in [1.29, 1.82) is 0 Å². The third-order valence-electron chi connectivity index (χ3n) is 3.67. The van der Waals surface area contributed by atoms with Gasteiger partial charge in [-0.25, -0.2) is 4.79 Å². The van der Waals surface area contributed by atoms with E-state index in [4.69, 9.17) is 5.11 Å². The van der Waals surface area contributed by atoms with Gasteiger partial charge >= 0.3 is 5.97 Å². The van der Waals surface area contributed by atoms with Crippen LogP contribution >= 0.6 is 0 Å². The summed E-state index contributed by atoms with van der Waals surface area (Å²) in [5.74, 6) is 0.354. The monoisotopic (exact) mass is 260 g/mol. The van der Waals surface area contributed by atoms with E-state index in [9.17, 15) is 4.79 Å². The zero-order valence-corrected chi connectivity index (χ0v) is 10.8. The van der Waals surface area contributed by atoms with Crippen LogP contribution in [0.3, 0.4) is 0 Å². The predicted molar refractivity (Wildman–Crippen MR) is 69.4 cm³/mol. The minimum absolute atomic E-state index is 0.243. The van der Waals surface area contributed by atoms with Crippen LogP contribution in [0.4, 0.5) is 0 Å². The summed E-state index contributed by atoms with van der Waals surface area (Å²) in [6.45, 7) is 2.10. The maximum atomic E-state index is 10.9. The van der Waals surface area contributed by atoms with Gasteiger partial charge in [0.05, 0.1) is 5.56 Å². The van der Waals surface area contributed by atoms with Crippen molar-refractivity contribution in [2.24, 2.45) is 0 Å². The van der Waals surface area contributed by atoms with Crippen LogP contribution < -0.4 is 0 Å². The number of nitrogens with zero attached hydrogens (tertiary/aromatic N) is 4. The van der Waals surface area contributed by atoms with Crippen molar-refractivity contribution in [2.75, 3.05) is 20.1 Å². The summed E-state index contributed by atoms with van der Waals surface area (Å²) in [5.41, 5.74) is 0.843. The number of carboxylic acid groups (broad SMARTS) is 1. The number of likely N-dealkylation sites (N-methyl/N-ethyl adjacent to an activating group) is 1. The summed E-state index contributed by atoms with van der Waals surface area (Å²) >= 11 is 0. The highest BCUT2D eigenvalue weighted by Gasteiger charge is 2.23. The van der Waals surface area contributed by atoms with Crippen molar-refractivity contribution >= 4 is 11.6 Å². The summed E-state index contributed by atoms with van der Waals surface area (Å²) in [7, 11) is 2.11. The Morgan fingerprint density at radius 2 is 2.32 bits per heavy atom. The lowest BCUT2D eigenvalue weighted by molar-refractivity contribution is 0.0697. The summed E-state index contributed by atoms with van der Waals surface area (Å²) in [6, 6.07) is 3.15. The molecule has 100 valence electrons. The fourth-order valence-corrected chi connectivity index (χ4v) is 2.70. The number of piperidine rings is 1. The summed E-state index contributed by atoms with van der Waals surface area (Å²) in [6.07, 6.45) is 4.01. The first-order chi connectivity index (χ1) is 9.15. The normalized spacial score (nSPS) is 20.8. The number of pyridine rings is 1. The third-order valence-corrected chi connectivity index (χ3v) is 3.67. The summed E-state index contributed by atoms with van der Waals surface area (Å²) in [4.78, 5) is 13.2. The molecule has 0 radical (unpaired) electrons. The van der Waals surface area contributed by atoms with Gasteiger partial charge in [0.2, 0.25) is 0 Å². The number of carbonyl (C=O) groups is 1. The Morgan fingerprint density at radius 1 is 1.47 bits per heavy atom. The molecule has 0 spiro atoms. The molecule has 1 atom stereocenters. The Morgan fingerprint density at radius 3 is 3.05 bits per heavy atom. The Hall–Kier alpha value is -1.95. The molecule has 1 fully saturated rings. The maximum Gasteiger partial charge on any atom is 0.335 e. The van der Waals surface area contributed by atoms with Crippen molar-refractivity contribution in [3.05, 3.63) is 29.7 Å². The van der Waals surface area contributed by atoms with Crippen LogP contribution in [0.2, 0.25) is 0 Å². The van der Waals surface area contributed by atoms with Crippen molar-refractivity contribution in [3.63, 3.8) is 0 Å². The van der Waals surface area contributed by atoms with Crippen molar-refractivity contribution in [3.8, 4) is 0 Å². The number of hydrogen-bond acceptors (Lipinski definition) is 4. The molecular formula is C13H16N4O2. The Labute approximate surface area is 110 Å². The molecule has 1 aliphatic heterocycles. The van der Waals surface area contributed by atoms with Crippen LogP contribution in [-0.4, -0.2) is 50.7 Å². The lowest BCUT2D eigenvalue weighted by Gasteiger charge is -2.28. The van der Waals surface area contributed by atoms with E-state index in [0.717, 1.165) is 31.8 Å². The van der Waals surface area contributed by atoms with E-state index in [-0.39, 0.29) is 5.56 Å². The van der Waals surface area contributed by atoms with Crippen LogP contribution in [0.15, 0.2) is 18.3 Å². The zero-order valence-electron chi connectivity index (χ0n) is 10.8. The number of aromatic carboxylic acids is 1. The molecule has 2 aromatic rings. The Kier molecular flexibility index (Phi) is 2.94. The van der Waals surface area contributed by atoms with Gasteiger partial charge < -0.3 is 10.0 Å². The highest BCUT2D eigenvalue weighted by Crippen LogP contribution is 2.25. The molecule has 0 aromatic carbocycles. The van der Waals surface area contributed by atoms with Crippen LogP contribution in [0, 0.1) is 0 Å². The molecule has 1 N–H and O–H groups in total. The smallest absolute Gasteiger partial charge is 0.335 e. The van der Waals surface area contributed by atoms with Crippen LogP contribution in [0.25, 0.3) is 5.65 Å². The SMILES string of the molecule is CN1CCCC(c2nnc3cc(C(=O)O)ccn23)C1.